The molecule has 21 heavy (non-hydrogen) atoms. The predicted octanol–water partition coefficient (Wildman–Crippen LogP) is 1.89. The lowest BCUT2D eigenvalue weighted by Gasteiger charge is -2.11. The molecule has 0 saturated heterocycles. The Bertz CT molecular complexity index is 724. The Kier molecular flexibility index (Phi) is 4.98. The highest BCUT2D eigenvalue weighted by molar-refractivity contribution is 5.69. The van der Waals surface area contributed by atoms with Gasteiger partial charge in [-0.2, -0.15) is 0 Å². The van der Waals surface area contributed by atoms with Gasteiger partial charge in [-0.3, -0.25) is 13.9 Å². The van der Waals surface area contributed by atoms with Crippen LogP contribution >= 0.6 is 0 Å². The van der Waals surface area contributed by atoms with Crippen LogP contribution in [0.3, 0.4) is 0 Å². The number of unbranched alkanes of at least 4 members (excludes halogenated alkanes) is 3. The van der Waals surface area contributed by atoms with Crippen molar-refractivity contribution in [3.8, 4) is 0 Å². The number of hydrogen-bond donors (Lipinski definition) is 0. The first-order valence-corrected chi connectivity index (χ1v) is 7.76. The van der Waals surface area contributed by atoms with Crippen molar-refractivity contribution in [2.45, 2.75) is 59.0 Å². The van der Waals surface area contributed by atoms with Gasteiger partial charge in [-0.1, -0.05) is 33.1 Å². The van der Waals surface area contributed by atoms with Crippen LogP contribution in [0, 0.1) is 0 Å². The molecule has 6 nitrogen and oxygen atoms in total. The second-order valence-corrected chi connectivity index (χ2v) is 5.48. The largest absolute Gasteiger partial charge is 0.332 e. The zero-order valence-electron chi connectivity index (χ0n) is 13.1. The van der Waals surface area contributed by atoms with Crippen LogP contribution in [0.2, 0.25) is 0 Å². The molecule has 0 spiro atoms. The summed E-state index contributed by atoms with van der Waals surface area (Å²) in [5.74, 6) is 0. The summed E-state index contributed by atoms with van der Waals surface area (Å²) in [6.07, 6.45) is 6.60. The number of nitrogens with zero attached hydrogens (tertiary/aromatic N) is 4. The SMILES string of the molecule is CCCCCCn1c(=O)c2c(ncn2C)n(CCC)c1=O. The van der Waals surface area contributed by atoms with E-state index in [1.165, 1.54) is 4.57 Å². The Morgan fingerprint density at radius 1 is 1.00 bits per heavy atom. The van der Waals surface area contributed by atoms with Crippen molar-refractivity contribution in [3.05, 3.63) is 27.2 Å². The maximum absolute atomic E-state index is 12.5. The van der Waals surface area contributed by atoms with E-state index in [-0.39, 0.29) is 11.2 Å². The smallest absolute Gasteiger partial charge is 0.328 e. The maximum atomic E-state index is 12.5. The van der Waals surface area contributed by atoms with E-state index in [1.807, 2.05) is 6.92 Å². The average Bonchev–Trinajstić information content (AvgIpc) is 2.84. The van der Waals surface area contributed by atoms with Gasteiger partial charge in [0, 0.05) is 20.1 Å². The zero-order chi connectivity index (χ0) is 15.4. The first-order valence-electron chi connectivity index (χ1n) is 7.76. The molecule has 0 atom stereocenters. The minimum absolute atomic E-state index is 0.223. The lowest BCUT2D eigenvalue weighted by Crippen LogP contribution is -2.40. The fourth-order valence-corrected chi connectivity index (χ4v) is 2.63. The molecule has 0 aromatic carbocycles. The lowest BCUT2D eigenvalue weighted by atomic mass is 10.2. The van der Waals surface area contributed by atoms with E-state index in [1.54, 1.807) is 22.5 Å². The summed E-state index contributed by atoms with van der Waals surface area (Å²) in [6, 6.07) is 0. The molecular weight excluding hydrogens is 268 g/mol. The summed E-state index contributed by atoms with van der Waals surface area (Å²) in [4.78, 5) is 29.3. The quantitative estimate of drug-likeness (QED) is 0.732. The Morgan fingerprint density at radius 3 is 2.43 bits per heavy atom. The molecule has 0 radical (unpaired) electrons. The highest BCUT2D eigenvalue weighted by Gasteiger charge is 2.15. The summed E-state index contributed by atoms with van der Waals surface area (Å²) < 4.78 is 4.69. The molecule has 0 aliphatic heterocycles. The average molecular weight is 292 g/mol. The standard InChI is InChI=1S/C15H24N4O2/c1-4-6-7-8-10-19-14(20)12-13(16-11-17(12)3)18(9-5-2)15(19)21/h11H,4-10H2,1-3H3. The molecule has 0 N–H and O–H groups in total. The van der Waals surface area contributed by atoms with Gasteiger partial charge in [-0.25, -0.2) is 9.78 Å². The third-order valence-corrected chi connectivity index (χ3v) is 3.77. The van der Waals surface area contributed by atoms with Crippen molar-refractivity contribution in [3.63, 3.8) is 0 Å². The molecule has 2 aromatic heterocycles. The van der Waals surface area contributed by atoms with Crippen LogP contribution in [0.1, 0.15) is 46.0 Å². The number of hydrogen-bond acceptors (Lipinski definition) is 3. The second kappa shape index (κ2) is 6.74. The zero-order valence-corrected chi connectivity index (χ0v) is 13.1. The number of rotatable bonds is 7. The van der Waals surface area contributed by atoms with Crippen LogP contribution in [0.15, 0.2) is 15.9 Å². The first-order chi connectivity index (χ1) is 10.1. The monoisotopic (exact) mass is 292 g/mol. The molecule has 0 saturated carbocycles. The molecule has 116 valence electrons. The summed E-state index contributed by atoms with van der Waals surface area (Å²) in [5, 5.41) is 0. The van der Waals surface area contributed by atoms with E-state index >= 15 is 0 Å². The molecule has 6 heteroatoms. The molecule has 0 fully saturated rings. The van der Waals surface area contributed by atoms with E-state index in [9.17, 15) is 9.59 Å². The molecule has 0 bridgehead atoms. The van der Waals surface area contributed by atoms with Gasteiger partial charge in [0.25, 0.3) is 5.56 Å². The van der Waals surface area contributed by atoms with Gasteiger partial charge < -0.3 is 4.57 Å². The first kappa shape index (κ1) is 15.5. The van der Waals surface area contributed by atoms with E-state index in [0.29, 0.717) is 24.3 Å². The van der Waals surface area contributed by atoms with E-state index < -0.39 is 0 Å². The second-order valence-electron chi connectivity index (χ2n) is 5.48. The molecular formula is C15H24N4O2. The van der Waals surface area contributed by atoms with Gasteiger partial charge in [-0.15, -0.1) is 0 Å². The van der Waals surface area contributed by atoms with Gasteiger partial charge in [0.1, 0.15) is 0 Å². The molecule has 2 rings (SSSR count). The van der Waals surface area contributed by atoms with Gasteiger partial charge in [0.05, 0.1) is 6.33 Å². The fourth-order valence-electron chi connectivity index (χ4n) is 2.63. The number of aromatic nitrogens is 4. The van der Waals surface area contributed by atoms with Crippen LogP contribution in [0.5, 0.6) is 0 Å². The molecule has 0 amide bonds. The van der Waals surface area contributed by atoms with Gasteiger partial charge >= 0.3 is 5.69 Å². The van der Waals surface area contributed by atoms with E-state index in [0.717, 1.165) is 32.1 Å². The van der Waals surface area contributed by atoms with Crippen LogP contribution in [-0.4, -0.2) is 18.7 Å². The van der Waals surface area contributed by atoms with Crippen LogP contribution in [0.4, 0.5) is 0 Å². The van der Waals surface area contributed by atoms with E-state index in [4.69, 9.17) is 0 Å². The predicted molar refractivity (Wildman–Crippen MR) is 83.7 cm³/mol. The maximum Gasteiger partial charge on any atom is 0.332 e. The van der Waals surface area contributed by atoms with Crippen LogP contribution in [0.25, 0.3) is 11.2 Å². The minimum Gasteiger partial charge on any atom is -0.328 e. The third kappa shape index (κ3) is 2.94. The van der Waals surface area contributed by atoms with Gasteiger partial charge in [0.2, 0.25) is 0 Å². The summed E-state index contributed by atoms with van der Waals surface area (Å²) in [5.41, 5.74) is 0.557. The molecule has 0 aliphatic carbocycles. The minimum atomic E-state index is -0.232. The summed E-state index contributed by atoms with van der Waals surface area (Å²) in [6.45, 7) is 5.23. The normalized spacial score (nSPS) is 11.4. The van der Waals surface area contributed by atoms with Crippen LogP contribution < -0.4 is 11.2 Å². The molecule has 2 heterocycles. The van der Waals surface area contributed by atoms with Crippen molar-refractivity contribution >= 4 is 11.2 Å². The van der Waals surface area contributed by atoms with Crippen LogP contribution in [-0.2, 0) is 20.1 Å². The number of aryl methyl sites for hydroxylation is 2. The highest BCUT2D eigenvalue weighted by atomic mass is 16.2. The van der Waals surface area contributed by atoms with Crippen molar-refractivity contribution in [1.82, 2.24) is 18.7 Å². The summed E-state index contributed by atoms with van der Waals surface area (Å²) in [7, 11) is 1.79. The Hall–Kier alpha value is -1.85. The number of imidazole rings is 1. The fraction of sp³-hybridized carbons (Fsp3) is 0.667. The molecule has 0 aliphatic rings. The third-order valence-electron chi connectivity index (χ3n) is 3.77. The number of fused-ring (bicyclic) bond motifs is 1. The van der Waals surface area contributed by atoms with Crippen molar-refractivity contribution in [2.75, 3.05) is 0 Å². The molecule has 0 unspecified atom stereocenters. The van der Waals surface area contributed by atoms with Gasteiger partial charge in [-0.05, 0) is 12.8 Å². The molecule has 2 aromatic rings. The van der Waals surface area contributed by atoms with E-state index in [2.05, 4.69) is 11.9 Å². The van der Waals surface area contributed by atoms with Gasteiger partial charge in [0.15, 0.2) is 11.2 Å². The Morgan fingerprint density at radius 2 is 1.76 bits per heavy atom. The topological polar surface area (TPSA) is 61.8 Å². The Balaban J connectivity index is 2.51. The van der Waals surface area contributed by atoms with Crippen molar-refractivity contribution in [1.29, 1.82) is 0 Å². The lowest BCUT2D eigenvalue weighted by molar-refractivity contribution is 0.521. The van der Waals surface area contributed by atoms with Crippen molar-refractivity contribution < 1.29 is 0 Å². The highest BCUT2D eigenvalue weighted by Crippen LogP contribution is 2.06. The Labute approximate surface area is 124 Å². The van der Waals surface area contributed by atoms with Crippen molar-refractivity contribution in [2.24, 2.45) is 7.05 Å². The summed E-state index contributed by atoms with van der Waals surface area (Å²) >= 11 is 0.